The highest BCUT2D eigenvalue weighted by molar-refractivity contribution is 5.69. The van der Waals surface area contributed by atoms with Crippen molar-refractivity contribution in [3.63, 3.8) is 0 Å². The molecule has 1 saturated heterocycles. The van der Waals surface area contributed by atoms with E-state index in [0.717, 1.165) is 6.92 Å². The van der Waals surface area contributed by atoms with Crippen LogP contribution in [0.25, 0.3) is 0 Å². The Morgan fingerprint density at radius 1 is 1.35 bits per heavy atom. The monoisotopic (exact) mass is 314 g/mol. The van der Waals surface area contributed by atoms with Crippen molar-refractivity contribution < 1.29 is 50.1 Å². The SMILES string of the molecule is CCC(=O)OC1C(F)(F)COC(O)(C(F)(F)F)C1(F)F. The minimum atomic E-state index is -6.07. The number of esters is 1. The lowest BCUT2D eigenvalue weighted by Gasteiger charge is -2.46. The van der Waals surface area contributed by atoms with Crippen molar-refractivity contribution >= 4 is 5.97 Å². The number of rotatable bonds is 2. The maximum absolute atomic E-state index is 13.6. The summed E-state index contributed by atoms with van der Waals surface area (Å²) in [5, 5.41) is 8.90. The molecule has 0 radical (unpaired) electrons. The Morgan fingerprint density at radius 3 is 2.25 bits per heavy atom. The fourth-order valence-electron chi connectivity index (χ4n) is 1.46. The van der Waals surface area contributed by atoms with Crippen LogP contribution in [0.1, 0.15) is 13.3 Å². The average molecular weight is 314 g/mol. The lowest BCUT2D eigenvalue weighted by atomic mass is 9.94. The Kier molecular flexibility index (Phi) is 4.00. The average Bonchev–Trinajstić information content (AvgIpc) is 2.28. The third-order valence-corrected chi connectivity index (χ3v) is 2.56. The predicted octanol–water partition coefficient (Wildman–Crippen LogP) is 1.86. The molecule has 0 amide bonds. The Bertz CT molecular complexity index is 394. The molecule has 1 fully saturated rings. The van der Waals surface area contributed by atoms with Crippen molar-refractivity contribution in [2.24, 2.45) is 0 Å². The van der Waals surface area contributed by atoms with Crippen LogP contribution in [0.4, 0.5) is 30.7 Å². The topological polar surface area (TPSA) is 55.8 Å². The van der Waals surface area contributed by atoms with Gasteiger partial charge < -0.3 is 14.6 Å². The fourth-order valence-corrected chi connectivity index (χ4v) is 1.46. The molecule has 0 saturated carbocycles. The van der Waals surface area contributed by atoms with E-state index in [0.29, 0.717) is 0 Å². The van der Waals surface area contributed by atoms with Crippen molar-refractivity contribution in [1.29, 1.82) is 0 Å². The molecule has 0 bridgehead atoms. The van der Waals surface area contributed by atoms with Crippen LogP contribution in [0.2, 0.25) is 0 Å². The molecular formula is C9H9F7O4. The van der Waals surface area contributed by atoms with Gasteiger partial charge in [0.1, 0.15) is 6.61 Å². The number of alkyl halides is 7. The van der Waals surface area contributed by atoms with Crippen LogP contribution in [-0.4, -0.2) is 47.6 Å². The molecule has 1 rings (SSSR count). The molecule has 2 unspecified atom stereocenters. The Labute approximate surface area is 107 Å². The van der Waals surface area contributed by atoms with Crippen molar-refractivity contribution in [2.45, 2.75) is 43.3 Å². The lowest BCUT2D eigenvalue weighted by Crippen LogP contribution is -2.73. The quantitative estimate of drug-likeness (QED) is 0.624. The molecule has 0 aromatic rings. The number of carbonyl (C=O) groups excluding carboxylic acids is 1. The molecule has 20 heavy (non-hydrogen) atoms. The smallest absolute Gasteiger partial charge is 0.449 e. The molecule has 0 aromatic heterocycles. The van der Waals surface area contributed by atoms with Gasteiger partial charge in [-0.2, -0.15) is 30.7 Å². The summed E-state index contributed by atoms with van der Waals surface area (Å²) in [5.74, 6) is -16.9. The van der Waals surface area contributed by atoms with Crippen LogP contribution >= 0.6 is 0 Å². The van der Waals surface area contributed by atoms with Gasteiger partial charge in [-0.15, -0.1) is 0 Å². The first-order valence-corrected chi connectivity index (χ1v) is 5.17. The molecule has 0 aromatic carbocycles. The number of hydrogen-bond donors (Lipinski definition) is 1. The third-order valence-electron chi connectivity index (χ3n) is 2.56. The normalized spacial score (nSPS) is 32.8. The van der Waals surface area contributed by atoms with Gasteiger partial charge in [-0.1, -0.05) is 6.92 Å². The molecule has 1 aliphatic heterocycles. The highest BCUT2D eigenvalue weighted by Gasteiger charge is 2.81. The van der Waals surface area contributed by atoms with Crippen molar-refractivity contribution in [3.8, 4) is 0 Å². The summed E-state index contributed by atoms with van der Waals surface area (Å²) in [4.78, 5) is 10.8. The zero-order valence-corrected chi connectivity index (χ0v) is 9.81. The van der Waals surface area contributed by atoms with Crippen molar-refractivity contribution in [1.82, 2.24) is 0 Å². The van der Waals surface area contributed by atoms with E-state index in [4.69, 9.17) is 5.11 Å². The first-order chi connectivity index (χ1) is 8.79. The Morgan fingerprint density at radius 2 is 1.85 bits per heavy atom. The number of ether oxygens (including phenoxy) is 2. The summed E-state index contributed by atoms with van der Waals surface area (Å²) in [6.45, 7) is -1.12. The summed E-state index contributed by atoms with van der Waals surface area (Å²) in [5.41, 5.74) is 0. The van der Waals surface area contributed by atoms with Crippen molar-refractivity contribution in [2.75, 3.05) is 6.61 Å². The molecule has 11 heteroatoms. The molecule has 0 spiro atoms. The van der Waals surface area contributed by atoms with Gasteiger partial charge >= 0.3 is 29.8 Å². The zero-order chi connectivity index (χ0) is 16.0. The van der Waals surface area contributed by atoms with Crippen LogP contribution in [0.3, 0.4) is 0 Å². The predicted molar refractivity (Wildman–Crippen MR) is 47.0 cm³/mol. The fraction of sp³-hybridized carbons (Fsp3) is 0.889. The molecule has 1 heterocycles. The summed E-state index contributed by atoms with van der Waals surface area (Å²) >= 11 is 0. The maximum atomic E-state index is 13.6. The second-order valence-electron chi connectivity index (χ2n) is 4.04. The Hall–Kier alpha value is -1.10. The van der Waals surface area contributed by atoms with E-state index in [-0.39, 0.29) is 0 Å². The van der Waals surface area contributed by atoms with Gasteiger partial charge in [0.05, 0.1) is 0 Å². The van der Waals surface area contributed by atoms with Crippen LogP contribution in [0.15, 0.2) is 0 Å². The first-order valence-electron chi connectivity index (χ1n) is 5.17. The summed E-state index contributed by atoms with van der Waals surface area (Å²) in [6.07, 6.45) is -10.5. The first kappa shape index (κ1) is 17.0. The van der Waals surface area contributed by atoms with E-state index < -0.39 is 48.9 Å². The molecule has 118 valence electrons. The third kappa shape index (κ3) is 2.43. The minimum Gasteiger partial charge on any atom is -0.449 e. The van der Waals surface area contributed by atoms with Crippen molar-refractivity contribution in [3.05, 3.63) is 0 Å². The second-order valence-corrected chi connectivity index (χ2v) is 4.04. The van der Waals surface area contributed by atoms with E-state index in [1.54, 1.807) is 0 Å². The van der Waals surface area contributed by atoms with Gasteiger partial charge in [0.15, 0.2) is 0 Å². The van der Waals surface area contributed by atoms with E-state index >= 15 is 0 Å². The highest BCUT2D eigenvalue weighted by atomic mass is 19.4. The highest BCUT2D eigenvalue weighted by Crippen LogP contribution is 2.52. The van der Waals surface area contributed by atoms with E-state index in [9.17, 15) is 35.5 Å². The van der Waals surface area contributed by atoms with Crippen LogP contribution in [0, 0.1) is 0 Å². The standard InChI is InChI=1S/C9H9F7O4/c1-2-4(17)20-5-6(10,11)3-19-8(18,7(5,12)13)9(14,15)16/h5,18H,2-3H2,1H3. The van der Waals surface area contributed by atoms with Gasteiger partial charge in [0.25, 0.3) is 0 Å². The van der Waals surface area contributed by atoms with Crippen LogP contribution < -0.4 is 0 Å². The van der Waals surface area contributed by atoms with Crippen LogP contribution in [0.5, 0.6) is 0 Å². The van der Waals surface area contributed by atoms with E-state index in [1.165, 1.54) is 0 Å². The van der Waals surface area contributed by atoms with Crippen LogP contribution in [-0.2, 0) is 14.3 Å². The molecule has 1 aliphatic rings. The number of carbonyl (C=O) groups is 1. The van der Waals surface area contributed by atoms with Gasteiger partial charge in [-0.3, -0.25) is 4.79 Å². The van der Waals surface area contributed by atoms with Gasteiger partial charge in [0, 0.05) is 6.42 Å². The largest absolute Gasteiger partial charge is 0.449 e. The van der Waals surface area contributed by atoms with Gasteiger partial charge in [-0.05, 0) is 0 Å². The maximum Gasteiger partial charge on any atom is 0.449 e. The number of halogens is 7. The van der Waals surface area contributed by atoms with E-state index in [1.807, 2.05) is 0 Å². The molecule has 0 aliphatic carbocycles. The summed E-state index contributed by atoms with van der Waals surface area (Å²) in [7, 11) is 0. The molecular weight excluding hydrogens is 305 g/mol. The molecule has 1 N–H and O–H groups in total. The van der Waals surface area contributed by atoms with E-state index in [2.05, 4.69) is 9.47 Å². The zero-order valence-electron chi connectivity index (χ0n) is 9.81. The minimum absolute atomic E-state index is 0.617. The van der Waals surface area contributed by atoms with Gasteiger partial charge in [-0.25, -0.2) is 0 Å². The lowest BCUT2D eigenvalue weighted by molar-refractivity contribution is -0.479. The summed E-state index contributed by atoms with van der Waals surface area (Å²) < 4.78 is 97.8. The second kappa shape index (κ2) is 4.72. The van der Waals surface area contributed by atoms with Gasteiger partial charge in [0.2, 0.25) is 6.10 Å². The number of aliphatic hydroxyl groups is 1. The number of hydrogen-bond acceptors (Lipinski definition) is 4. The Balaban J connectivity index is 3.25. The molecule has 2 atom stereocenters. The summed E-state index contributed by atoms with van der Waals surface area (Å²) in [6, 6.07) is 0. The molecule has 4 nitrogen and oxygen atoms in total.